The van der Waals surface area contributed by atoms with E-state index < -0.39 is 17.7 Å². The van der Waals surface area contributed by atoms with Gasteiger partial charge in [0.15, 0.2) is 0 Å². The third kappa shape index (κ3) is 3.89. The molecule has 138 valence electrons. The van der Waals surface area contributed by atoms with E-state index in [-0.39, 0.29) is 18.0 Å². The van der Waals surface area contributed by atoms with Gasteiger partial charge in [-0.15, -0.1) is 0 Å². The topological polar surface area (TPSA) is 61.4 Å². The molecule has 3 rings (SSSR count). The maximum Gasteiger partial charge on any atom is 0.241 e. The molecule has 1 atom stereocenters. The Kier molecular flexibility index (Phi) is 5.29. The van der Waals surface area contributed by atoms with Crippen molar-refractivity contribution in [2.45, 2.75) is 19.4 Å². The van der Waals surface area contributed by atoms with Crippen molar-refractivity contribution in [3.8, 4) is 0 Å². The first-order valence-electron chi connectivity index (χ1n) is 8.50. The third-order valence-corrected chi connectivity index (χ3v) is 4.50. The second-order valence-electron chi connectivity index (χ2n) is 6.27. The molecule has 1 N–H and O–H groups in total. The zero-order chi connectivity index (χ0) is 18.7. The second-order valence-corrected chi connectivity index (χ2v) is 6.27. The van der Waals surface area contributed by atoms with Crippen LogP contribution in [0.5, 0.6) is 0 Å². The summed E-state index contributed by atoms with van der Waals surface area (Å²) in [5.74, 6) is 0.193. The van der Waals surface area contributed by atoms with Crippen LogP contribution in [0.4, 0.5) is 20.4 Å². The minimum atomic E-state index is -0.485. The van der Waals surface area contributed by atoms with Gasteiger partial charge in [0.1, 0.15) is 29.6 Å². The lowest BCUT2D eigenvalue weighted by atomic mass is 10.0. The summed E-state index contributed by atoms with van der Waals surface area (Å²) in [4.78, 5) is 23.8. The SMILES string of the molecule is CCC(Nc1cc(N2CCN(C)C(=O)C2)ncn1)c1cc(F)ccc1F. The van der Waals surface area contributed by atoms with Crippen molar-refractivity contribution in [1.82, 2.24) is 14.9 Å². The highest BCUT2D eigenvalue weighted by molar-refractivity contribution is 5.82. The minimum Gasteiger partial charge on any atom is -0.363 e. The lowest BCUT2D eigenvalue weighted by molar-refractivity contribution is -0.129. The summed E-state index contributed by atoms with van der Waals surface area (Å²) in [6, 6.07) is 4.70. The molecule has 2 heterocycles. The molecule has 1 aromatic heterocycles. The van der Waals surface area contributed by atoms with Gasteiger partial charge in [-0.2, -0.15) is 0 Å². The Labute approximate surface area is 150 Å². The molecule has 1 fully saturated rings. The molecule has 0 radical (unpaired) electrons. The number of carbonyl (C=O) groups is 1. The average molecular weight is 361 g/mol. The number of benzene rings is 1. The van der Waals surface area contributed by atoms with Gasteiger partial charge in [-0.1, -0.05) is 6.92 Å². The van der Waals surface area contributed by atoms with Gasteiger partial charge in [-0.3, -0.25) is 4.79 Å². The number of aromatic nitrogens is 2. The number of hydrogen-bond donors (Lipinski definition) is 1. The van der Waals surface area contributed by atoms with E-state index in [9.17, 15) is 13.6 Å². The molecule has 0 spiro atoms. The number of hydrogen-bond acceptors (Lipinski definition) is 5. The summed E-state index contributed by atoms with van der Waals surface area (Å²) < 4.78 is 27.6. The van der Waals surface area contributed by atoms with Crippen molar-refractivity contribution in [1.29, 1.82) is 0 Å². The maximum absolute atomic E-state index is 14.1. The number of amides is 1. The Bertz CT molecular complexity index is 801. The largest absolute Gasteiger partial charge is 0.363 e. The molecule has 1 aliphatic heterocycles. The quantitative estimate of drug-likeness (QED) is 0.887. The van der Waals surface area contributed by atoms with E-state index in [1.54, 1.807) is 18.0 Å². The molecule has 1 aliphatic rings. The summed E-state index contributed by atoms with van der Waals surface area (Å²) in [7, 11) is 1.77. The fourth-order valence-corrected chi connectivity index (χ4v) is 2.91. The van der Waals surface area contributed by atoms with Crippen LogP contribution in [-0.2, 0) is 4.79 Å². The molecule has 1 unspecified atom stereocenters. The normalized spacial score (nSPS) is 15.9. The first kappa shape index (κ1) is 18.0. The number of likely N-dealkylation sites (N-methyl/N-ethyl adjacent to an activating group) is 1. The van der Waals surface area contributed by atoms with Gasteiger partial charge >= 0.3 is 0 Å². The van der Waals surface area contributed by atoms with Crippen molar-refractivity contribution < 1.29 is 13.6 Å². The maximum atomic E-state index is 14.1. The van der Waals surface area contributed by atoms with Gasteiger partial charge in [0, 0.05) is 31.8 Å². The van der Waals surface area contributed by atoms with Gasteiger partial charge in [0.05, 0.1) is 12.6 Å². The van der Waals surface area contributed by atoms with E-state index in [0.717, 1.165) is 12.1 Å². The first-order chi connectivity index (χ1) is 12.5. The highest BCUT2D eigenvalue weighted by Gasteiger charge is 2.23. The van der Waals surface area contributed by atoms with E-state index in [1.807, 2.05) is 11.8 Å². The molecule has 1 amide bonds. The predicted molar refractivity (Wildman–Crippen MR) is 94.9 cm³/mol. The molecule has 1 saturated heterocycles. The highest BCUT2D eigenvalue weighted by atomic mass is 19.1. The number of halogens is 2. The molecule has 26 heavy (non-hydrogen) atoms. The molecule has 0 saturated carbocycles. The summed E-state index contributed by atoms with van der Waals surface area (Å²) in [5, 5.41) is 3.13. The van der Waals surface area contributed by atoms with Crippen LogP contribution in [0.25, 0.3) is 0 Å². The van der Waals surface area contributed by atoms with Crippen LogP contribution in [0, 0.1) is 11.6 Å². The summed E-state index contributed by atoms with van der Waals surface area (Å²) >= 11 is 0. The zero-order valence-electron chi connectivity index (χ0n) is 14.7. The summed E-state index contributed by atoms with van der Waals surface area (Å²) in [6.45, 7) is 3.43. The van der Waals surface area contributed by atoms with Crippen LogP contribution in [-0.4, -0.2) is 47.5 Å². The van der Waals surface area contributed by atoms with E-state index in [0.29, 0.717) is 31.1 Å². The number of nitrogens with zero attached hydrogens (tertiary/aromatic N) is 4. The van der Waals surface area contributed by atoms with E-state index in [2.05, 4.69) is 15.3 Å². The van der Waals surface area contributed by atoms with E-state index in [4.69, 9.17) is 0 Å². The van der Waals surface area contributed by atoms with E-state index >= 15 is 0 Å². The van der Waals surface area contributed by atoms with Crippen molar-refractivity contribution in [3.05, 3.63) is 47.8 Å². The molecule has 6 nitrogen and oxygen atoms in total. The van der Waals surface area contributed by atoms with Crippen LogP contribution in [0.2, 0.25) is 0 Å². The Morgan fingerprint density at radius 1 is 1.23 bits per heavy atom. The van der Waals surface area contributed by atoms with Gasteiger partial charge in [0.2, 0.25) is 5.91 Å². The Morgan fingerprint density at radius 3 is 2.77 bits per heavy atom. The van der Waals surface area contributed by atoms with Crippen molar-refractivity contribution in [2.75, 3.05) is 36.9 Å². The van der Waals surface area contributed by atoms with Crippen LogP contribution >= 0.6 is 0 Å². The monoisotopic (exact) mass is 361 g/mol. The van der Waals surface area contributed by atoms with Gasteiger partial charge < -0.3 is 15.1 Å². The van der Waals surface area contributed by atoms with Crippen molar-refractivity contribution in [3.63, 3.8) is 0 Å². The second kappa shape index (κ2) is 7.63. The Morgan fingerprint density at radius 2 is 2.04 bits per heavy atom. The number of nitrogens with one attached hydrogen (secondary N) is 1. The molecular weight excluding hydrogens is 340 g/mol. The summed E-state index contributed by atoms with van der Waals surface area (Å²) in [5.41, 5.74) is 0.252. The number of piperazine rings is 1. The fourth-order valence-electron chi connectivity index (χ4n) is 2.91. The smallest absolute Gasteiger partial charge is 0.241 e. The molecule has 2 aromatic rings. The van der Waals surface area contributed by atoms with Crippen molar-refractivity contribution >= 4 is 17.5 Å². The Balaban J connectivity index is 1.79. The number of rotatable bonds is 5. The number of anilines is 2. The lowest BCUT2D eigenvalue weighted by Gasteiger charge is -2.32. The number of carbonyl (C=O) groups excluding carboxylic acids is 1. The van der Waals surface area contributed by atoms with Crippen LogP contribution in [0.3, 0.4) is 0 Å². The molecular formula is C18H21F2N5O. The molecule has 0 bridgehead atoms. The van der Waals surface area contributed by atoms with Gasteiger partial charge in [-0.05, 0) is 24.6 Å². The summed E-state index contributed by atoms with van der Waals surface area (Å²) in [6.07, 6.45) is 1.95. The average Bonchev–Trinajstić information content (AvgIpc) is 2.64. The van der Waals surface area contributed by atoms with Crippen LogP contribution < -0.4 is 10.2 Å². The predicted octanol–water partition coefficient (Wildman–Crippen LogP) is 2.60. The van der Waals surface area contributed by atoms with E-state index in [1.165, 1.54) is 12.4 Å². The van der Waals surface area contributed by atoms with Gasteiger partial charge in [-0.25, -0.2) is 18.7 Å². The van der Waals surface area contributed by atoms with Gasteiger partial charge in [0.25, 0.3) is 0 Å². The molecule has 1 aromatic carbocycles. The minimum absolute atomic E-state index is 0.0256. The van der Waals surface area contributed by atoms with Crippen LogP contribution in [0.15, 0.2) is 30.6 Å². The molecule has 0 aliphatic carbocycles. The van der Waals surface area contributed by atoms with Crippen LogP contribution in [0.1, 0.15) is 24.9 Å². The third-order valence-electron chi connectivity index (χ3n) is 4.50. The molecule has 8 heteroatoms. The fraction of sp³-hybridized carbons (Fsp3) is 0.389. The Hall–Kier alpha value is -2.77. The first-order valence-corrected chi connectivity index (χ1v) is 8.50. The zero-order valence-corrected chi connectivity index (χ0v) is 14.7. The van der Waals surface area contributed by atoms with Crippen molar-refractivity contribution in [2.24, 2.45) is 0 Å². The lowest BCUT2D eigenvalue weighted by Crippen LogP contribution is -2.48. The standard InChI is InChI=1S/C18H21F2N5O/c1-3-15(13-8-12(19)4-5-14(13)20)23-16-9-17(22-11-21-16)25-7-6-24(2)18(26)10-25/h4-5,8-9,11,15H,3,6-7,10H2,1-2H3,(H,21,22,23). The highest BCUT2D eigenvalue weighted by Crippen LogP contribution is 2.26.